The average molecular weight is 317 g/mol. The molecule has 0 saturated heterocycles. The van der Waals surface area contributed by atoms with E-state index in [0.29, 0.717) is 0 Å². The Bertz CT molecular complexity index is 960. The third kappa shape index (κ3) is 2.64. The molecule has 0 aliphatic carbocycles. The third-order valence-electron chi connectivity index (χ3n) is 4.99. The Kier molecular flexibility index (Phi) is 3.42. The highest BCUT2D eigenvalue weighted by Gasteiger charge is 2.14. The molecule has 0 unspecified atom stereocenters. The standard InChI is InChI=1S/C22H24Si/c1-23(2,3)15-5-8-16-9-10-19-12-11-17-6-4-7-18-13-14-20(16)22(19)21(17)18/h4,6-7,9-14H,5,8,15H2,1-3H3. The zero-order valence-corrected chi connectivity index (χ0v) is 15.3. The van der Waals surface area contributed by atoms with Gasteiger partial charge >= 0.3 is 0 Å². The van der Waals surface area contributed by atoms with E-state index in [4.69, 9.17) is 0 Å². The summed E-state index contributed by atoms with van der Waals surface area (Å²) in [5.41, 5.74) is 1.52. The number of aryl methyl sites for hydroxylation is 1. The molecule has 0 radical (unpaired) electrons. The molecule has 23 heavy (non-hydrogen) atoms. The second-order valence-electron chi connectivity index (χ2n) is 7.99. The third-order valence-corrected chi connectivity index (χ3v) is 6.85. The van der Waals surface area contributed by atoms with Gasteiger partial charge in [0.05, 0.1) is 0 Å². The summed E-state index contributed by atoms with van der Waals surface area (Å²) in [6, 6.07) is 21.9. The predicted molar refractivity (Wildman–Crippen MR) is 107 cm³/mol. The summed E-state index contributed by atoms with van der Waals surface area (Å²) in [6.45, 7) is 7.41. The van der Waals surface area contributed by atoms with Crippen LogP contribution in [0.3, 0.4) is 0 Å². The van der Waals surface area contributed by atoms with Crippen LogP contribution >= 0.6 is 0 Å². The molecule has 0 bridgehead atoms. The zero-order chi connectivity index (χ0) is 16.0. The van der Waals surface area contributed by atoms with E-state index < -0.39 is 8.07 Å². The van der Waals surface area contributed by atoms with Gasteiger partial charge in [0.25, 0.3) is 0 Å². The quantitative estimate of drug-likeness (QED) is 0.285. The van der Waals surface area contributed by atoms with Gasteiger partial charge in [0.2, 0.25) is 0 Å². The van der Waals surface area contributed by atoms with Crippen molar-refractivity contribution in [1.29, 1.82) is 0 Å². The summed E-state index contributed by atoms with van der Waals surface area (Å²) in [7, 11) is -0.942. The highest BCUT2D eigenvalue weighted by atomic mass is 28.3. The molecule has 0 N–H and O–H groups in total. The van der Waals surface area contributed by atoms with Crippen LogP contribution in [0.2, 0.25) is 25.7 Å². The van der Waals surface area contributed by atoms with E-state index in [1.807, 2.05) is 0 Å². The molecule has 4 rings (SSSR count). The van der Waals surface area contributed by atoms with Crippen LogP contribution in [-0.2, 0) is 6.42 Å². The topological polar surface area (TPSA) is 0 Å². The van der Waals surface area contributed by atoms with Gasteiger partial charge in [0.1, 0.15) is 0 Å². The van der Waals surface area contributed by atoms with Gasteiger partial charge in [-0.2, -0.15) is 0 Å². The zero-order valence-electron chi connectivity index (χ0n) is 14.3. The Morgan fingerprint density at radius 1 is 0.696 bits per heavy atom. The molecule has 0 spiro atoms. The van der Waals surface area contributed by atoms with Crippen molar-refractivity contribution in [2.75, 3.05) is 0 Å². The van der Waals surface area contributed by atoms with Gasteiger partial charge < -0.3 is 0 Å². The Hall–Kier alpha value is -1.86. The van der Waals surface area contributed by atoms with E-state index in [-0.39, 0.29) is 0 Å². The molecule has 0 aromatic heterocycles. The van der Waals surface area contributed by atoms with Crippen LogP contribution in [0.5, 0.6) is 0 Å². The Morgan fingerprint density at radius 2 is 1.30 bits per heavy atom. The fraction of sp³-hybridized carbons (Fsp3) is 0.273. The molecule has 0 atom stereocenters. The summed E-state index contributed by atoms with van der Waals surface area (Å²) in [5, 5.41) is 8.46. The molecule has 0 heterocycles. The second-order valence-corrected chi connectivity index (χ2v) is 13.6. The molecule has 0 aliphatic heterocycles. The van der Waals surface area contributed by atoms with Gasteiger partial charge in [-0.15, -0.1) is 0 Å². The summed E-state index contributed by atoms with van der Waals surface area (Å²) in [6.07, 6.45) is 2.53. The van der Waals surface area contributed by atoms with E-state index in [0.717, 1.165) is 0 Å². The fourth-order valence-electron chi connectivity index (χ4n) is 3.82. The molecule has 4 aromatic rings. The summed E-state index contributed by atoms with van der Waals surface area (Å²) < 4.78 is 0. The molecule has 1 heteroatoms. The van der Waals surface area contributed by atoms with E-state index >= 15 is 0 Å². The Morgan fingerprint density at radius 3 is 2.00 bits per heavy atom. The van der Waals surface area contributed by atoms with Crippen molar-refractivity contribution in [3.8, 4) is 0 Å². The van der Waals surface area contributed by atoms with E-state index in [1.54, 1.807) is 0 Å². The van der Waals surface area contributed by atoms with E-state index in [1.165, 1.54) is 56.8 Å². The fourth-order valence-corrected chi connectivity index (χ4v) is 5.06. The SMILES string of the molecule is C[Si](C)(C)CCCc1ccc2ccc3cccc4ccc1c2c34. The minimum atomic E-state index is -0.942. The molecular weight excluding hydrogens is 292 g/mol. The van der Waals surface area contributed by atoms with E-state index in [9.17, 15) is 0 Å². The monoisotopic (exact) mass is 316 g/mol. The van der Waals surface area contributed by atoms with Gasteiger partial charge in [0.15, 0.2) is 0 Å². The van der Waals surface area contributed by atoms with Crippen LogP contribution in [0.1, 0.15) is 12.0 Å². The highest BCUT2D eigenvalue weighted by Crippen LogP contribution is 2.36. The van der Waals surface area contributed by atoms with Gasteiger partial charge in [-0.05, 0) is 44.3 Å². The maximum atomic E-state index is 2.47. The second kappa shape index (κ2) is 5.35. The lowest BCUT2D eigenvalue weighted by atomic mass is 9.91. The van der Waals surface area contributed by atoms with Crippen LogP contribution in [-0.4, -0.2) is 8.07 Å². The van der Waals surface area contributed by atoms with Crippen molar-refractivity contribution < 1.29 is 0 Å². The molecule has 0 fully saturated rings. The number of hydrogen-bond donors (Lipinski definition) is 0. The first-order valence-corrected chi connectivity index (χ1v) is 12.4. The molecule has 4 aromatic carbocycles. The van der Waals surface area contributed by atoms with Gasteiger partial charge in [0, 0.05) is 8.07 Å². The van der Waals surface area contributed by atoms with Crippen molar-refractivity contribution in [2.24, 2.45) is 0 Å². The molecule has 0 aliphatic rings. The molecule has 0 amide bonds. The summed E-state index contributed by atoms with van der Waals surface area (Å²) in [4.78, 5) is 0. The first-order chi connectivity index (χ1) is 11.0. The van der Waals surface area contributed by atoms with Gasteiger partial charge in [-0.3, -0.25) is 0 Å². The molecular formula is C22H24Si. The maximum absolute atomic E-state index is 2.47. The molecule has 116 valence electrons. The smallest absolute Gasteiger partial charge is 0.0442 e. The summed E-state index contributed by atoms with van der Waals surface area (Å²) in [5.74, 6) is 0. The number of hydrogen-bond acceptors (Lipinski definition) is 0. The lowest BCUT2D eigenvalue weighted by Crippen LogP contribution is -2.18. The Balaban J connectivity index is 1.86. The highest BCUT2D eigenvalue weighted by molar-refractivity contribution is 6.76. The van der Waals surface area contributed by atoms with Crippen LogP contribution in [0.4, 0.5) is 0 Å². The average Bonchev–Trinajstić information content (AvgIpc) is 2.52. The lowest BCUT2D eigenvalue weighted by molar-refractivity contribution is 0.909. The van der Waals surface area contributed by atoms with Crippen LogP contribution < -0.4 is 0 Å². The minimum absolute atomic E-state index is 0.942. The van der Waals surface area contributed by atoms with Crippen molar-refractivity contribution in [1.82, 2.24) is 0 Å². The lowest BCUT2D eigenvalue weighted by Gasteiger charge is -2.17. The first-order valence-electron chi connectivity index (χ1n) is 8.68. The van der Waals surface area contributed by atoms with Crippen molar-refractivity contribution in [3.05, 3.63) is 60.2 Å². The minimum Gasteiger partial charge on any atom is -0.0695 e. The Labute approximate surface area is 139 Å². The summed E-state index contributed by atoms with van der Waals surface area (Å²) >= 11 is 0. The van der Waals surface area contributed by atoms with Gasteiger partial charge in [-0.25, -0.2) is 0 Å². The van der Waals surface area contributed by atoms with Crippen molar-refractivity contribution in [3.63, 3.8) is 0 Å². The first kappa shape index (κ1) is 14.7. The predicted octanol–water partition coefficient (Wildman–Crippen LogP) is 6.85. The number of benzene rings is 4. The largest absolute Gasteiger partial charge is 0.0695 e. The van der Waals surface area contributed by atoms with Gasteiger partial charge in [-0.1, -0.05) is 86.7 Å². The maximum Gasteiger partial charge on any atom is 0.0442 e. The molecule has 0 nitrogen and oxygen atoms in total. The molecule has 0 saturated carbocycles. The number of rotatable bonds is 4. The van der Waals surface area contributed by atoms with E-state index in [2.05, 4.69) is 74.2 Å². The van der Waals surface area contributed by atoms with Crippen LogP contribution in [0.15, 0.2) is 54.6 Å². The van der Waals surface area contributed by atoms with Crippen LogP contribution in [0.25, 0.3) is 32.3 Å². The van der Waals surface area contributed by atoms with Crippen molar-refractivity contribution >= 4 is 40.4 Å². The van der Waals surface area contributed by atoms with Crippen LogP contribution in [0, 0.1) is 0 Å². The normalized spacial score (nSPS) is 12.7. The van der Waals surface area contributed by atoms with Crippen molar-refractivity contribution in [2.45, 2.75) is 38.5 Å².